The van der Waals surface area contributed by atoms with Crippen molar-refractivity contribution >= 4 is 15.8 Å². The van der Waals surface area contributed by atoms with E-state index in [1.165, 1.54) is 44.9 Å². The first-order chi connectivity index (χ1) is 13.4. The van der Waals surface area contributed by atoms with E-state index in [2.05, 4.69) is 0 Å². The van der Waals surface area contributed by atoms with Gasteiger partial charge in [0, 0.05) is 11.1 Å². The molecule has 3 rings (SSSR count). The van der Waals surface area contributed by atoms with Crippen LogP contribution < -0.4 is 9.47 Å². The first-order valence-corrected chi connectivity index (χ1v) is 9.85. The van der Waals surface area contributed by atoms with Crippen molar-refractivity contribution in [3.8, 4) is 22.6 Å². The van der Waals surface area contributed by atoms with Crippen molar-refractivity contribution in [1.82, 2.24) is 0 Å². The number of carboxylic acid groups (broad SMARTS) is 1. The Morgan fingerprint density at radius 2 is 1.82 bits per heavy atom. The van der Waals surface area contributed by atoms with Crippen molar-refractivity contribution in [1.29, 1.82) is 0 Å². The molecule has 1 N–H and O–H groups in total. The Morgan fingerprint density at radius 3 is 2.43 bits per heavy atom. The van der Waals surface area contributed by atoms with Gasteiger partial charge in [-0.2, -0.15) is 0 Å². The van der Waals surface area contributed by atoms with Crippen LogP contribution in [0, 0.1) is 0 Å². The van der Waals surface area contributed by atoms with Gasteiger partial charge in [-0.1, -0.05) is 24.3 Å². The Labute approximate surface area is 162 Å². The zero-order valence-electron chi connectivity index (χ0n) is 15.2. The monoisotopic (exact) mass is 402 g/mol. The lowest BCUT2D eigenvalue weighted by Crippen LogP contribution is -2.12. The first-order valence-electron chi connectivity index (χ1n) is 8.20. The Bertz CT molecular complexity index is 1100. The van der Waals surface area contributed by atoms with Crippen LogP contribution in [0.2, 0.25) is 0 Å². The van der Waals surface area contributed by atoms with Crippen molar-refractivity contribution in [3.63, 3.8) is 0 Å². The smallest absolute Gasteiger partial charge is 0.339 e. The summed E-state index contributed by atoms with van der Waals surface area (Å²) in [6, 6.07) is 10.9. The molecular weight excluding hydrogens is 384 g/mol. The lowest BCUT2D eigenvalue weighted by Gasteiger charge is -2.15. The molecule has 8 heteroatoms. The molecule has 3 aromatic rings. The third-order valence-corrected chi connectivity index (χ3v) is 5.94. The van der Waals surface area contributed by atoms with Gasteiger partial charge in [0.2, 0.25) is 0 Å². The number of rotatable bonds is 7. The van der Waals surface area contributed by atoms with Crippen LogP contribution in [0.5, 0.6) is 11.5 Å². The van der Waals surface area contributed by atoms with Crippen molar-refractivity contribution in [2.45, 2.75) is 10.6 Å². The maximum Gasteiger partial charge on any atom is 0.339 e. The minimum Gasteiger partial charge on any atom is -0.495 e. The summed E-state index contributed by atoms with van der Waals surface area (Å²) < 4.78 is 41.4. The molecule has 146 valence electrons. The van der Waals surface area contributed by atoms with Gasteiger partial charge >= 0.3 is 5.97 Å². The fourth-order valence-corrected chi connectivity index (χ4v) is 4.54. The number of benzene rings is 2. The summed E-state index contributed by atoms with van der Waals surface area (Å²) >= 11 is 0. The Balaban J connectivity index is 2.13. The first kappa shape index (κ1) is 19.5. The maximum atomic E-state index is 12.9. The summed E-state index contributed by atoms with van der Waals surface area (Å²) in [6.45, 7) is 0. The molecule has 0 aliphatic carbocycles. The highest BCUT2D eigenvalue weighted by Gasteiger charge is 2.27. The molecule has 0 bridgehead atoms. The van der Waals surface area contributed by atoms with E-state index in [1.54, 1.807) is 24.3 Å². The molecule has 0 atom stereocenters. The van der Waals surface area contributed by atoms with Crippen molar-refractivity contribution < 1.29 is 32.2 Å². The van der Waals surface area contributed by atoms with Gasteiger partial charge in [-0.25, -0.2) is 13.2 Å². The van der Waals surface area contributed by atoms with E-state index in [4.69, 9.17) is 13.9 Å². The predicted octanol–water partition coefficient (Wildman–Crippen LogP) is 3.64. The molecule has 1 aromatic heterocycles. The van der Waals surface area contributed by atoms with Crippen LogP contribution in [0.3, 0.4) is 0 Å². The summed E-state index contributed by atoms with van der Waals surface area (Å²) in [7, 11) is -1.15. The summed E-state index contributed by atoms with van der Waals surface area (Å²) in [5, 5.41) is 9.74. The molecular formula is C20H18O7S. The van der Waals surface area contributed by atoms with Crippen LogP contribution in [-0.2, 0) is 15.6 Å². The highest BCUT2D eigenvalue weighted by atomic mass is 32.2. The molecule has 0 spiro atoms. The molecule has 0 unspecified atom stereocenters. The zero-order valence-corrected chi connectivity index (χ0v) is 16.0. The van der Waals surface area contributed by atoms with E-state index < -0.39 is 21.6 Å². The molecule has 0 saturated carbocycles. The minimum atomic E-state index is -3.87. The van der Waals surface area contributed by atoms with Gasteiger partial charge in [-0.3, -0.25) is 0 Å². The highest BCUT2D eigenvalue weighted by Crippen LogP contribution is 2.37. The van der Waals surface area contributed by atoms with Gasteiger partial charge in [0.25, 0.3) is 0 Å². The van der Waals surface area contributed by atoms with Crippen LogP contribution in [0.25, 0.3) is 11.1 Å². The third kappa shape index (κ3) is 3.59. The fourth-order valence-electron chi connectivity index (χ4n) is 2.99. The van der Waals surface area contributed by atoms with E-state index in [0.29, 0.717) is 11.1 Å². The standard InChI is InChI=1S/C20H18O7S/c1-25-16-5-3-4-6-17(16)28(23,24)12-14-7-8-15(13-9-10-27-11-13)19(26-2)18(14)20(21)22/h3-11H,12H2,1-2H3,(H,21,22). The zero-order chi connectivity index (χ0) is 20.3. The SMILES string of the molecule is COc1ccccc1S(=O)(=O)Cc1ccc(-c2ccoc2)c(OC)c1C(=O)O. The maximum absolute atomic E-state index is 12.9. The quantitative estimate of drug-likeness (QED) is 0.643. The van der Waals surface area contributed by atoms with Gasteiger partial charge < -0.3 is 19.0 Å². The minimum absolute atomic E-state index is 0.00767. The van der Waals surface area contributed by atoms with Crippen LogP contribution in [-0.4, -0.2) is 33.7 Å². The second-order valence-corrected chi connectivity index (χ2v) is 7.87. The predicted molar refractivity (Wildman–Crippen MR) is 102 cm³/mol. The number of sulfone groups is 1. The van der Waals surface area contributed by atoms with Crippen LogP contribution in [0.4, 0.5) is 0 Å². The molecule has 0 fully saturated rings. The molecule has 28 heavy (non-hydrogen) atoms. The number of aromatic carboxylic acids is 1. The number of carbonyl (C=O) groups is 1. The fraction of sp³-hybridized carbons (Fsp3) is 0.150. The number of hydrogen-bond donors (Lipinski definition) is 1. The van der Waals surface area contributed by atoms with E-state index in [0.717, 1.165) is 0 Å². The van der Waals surface area contributed by atoms with E-state index >= 15 is 0 Å². The van der Waals surface area contributed by atoms with Crippen LogP contribution >= 0.6 is 0 Å². The Kier molecular flexibility index (Phi) is 5.41. The van der Waals surface area contributed by atoms with E-state index in [-0.39, 0.29) is 27.5 Å². The second kappa shape index (κ2) is 7.77. The van der Waals surface area contributed by atoms with Crippen LogP contribution in [0.1, 0.15) is 15.9 Å². The third-order valence-electron chi connectivity index (χ3n) is 4.24. The van der Waals surface area contributed by atoms with Crippen molar-refractivity contribution in [2.75, 3.05) is 14.2 Å². The molecule has 2 aromatic carbocycles. The molecule has 0 amide bonds. The second-order valence-electron chi connectivity index (χ2n) is 5.91. The number of furan rings is 1. The molecule has 0 aliphatic rings. The van der Waals surface area contributed by atoms with Crippen molar-refractivity contribution in [2.24, 2.45) is 0 Å². The number of hydrogen-bond acceptors (Lipinski definition) is 6. The van der Waals surface area contributed by atoms with Gasteiger partial charge in [0.1, 0.15) is 22.0 Å². The number of ether oxygens (including phenoxy) is 2. The summed E-state index contributed by atoms with van der Waals surface area (Å²) in [6.07, 6.45) is 2.91. The number of methoxy groups -OCH3 is 2. The molecule has 0 saturated heterocycles. The Hall–Kier alpha value is -3.26. The van der Waals surface area contributed by atoms with Gasteiger partial charge in [0.05, 0.1) is 32.5 Å². The van der Waals surface area contributed by atoms with Gasteiger partial charge in [0.15, 0.2) is 9.84 Å². The Morgan fingerprint density at radius 1 is 1.07 bits per heavy atom. The molecule has 7 nitrogen and oxygen atoms in total. The van der Waals surface area contributed by atoms with Gasteiger partial charge in [-0.15, -0.1) is 0 Å². The summed E-state index contributed by atoms with van der Waals surface area (Å²) in [5.74, 6) is -1.53. The lowest BCUT2D eigenvalue weighted by atomic mass is 9.99. The van der Waals surface area contributed by atoms with E-state index in [1.807, 2.05) is 0 Å². The van der Waals surface area contributed by atoms with Crippen LogP contribution in [0.15, 0.2) is 64.3 Å². The molecule has 0 radical (unpaired) electrons. The van der Waals surface area contributed by atoms with E-state index in [9.17, 15) is 18.3 Å². The summed E-state index contributed by atoms with van der Waals surface area (Å²) in [4.78, 5) is 11.9. The molecule has 1 heterocycles. The summed E-state index contributed by atoms with van der Waals surface area (Å²) in [5.41, 5.74) is 1.02. The normalized spacial score (nSPS) is 11.2. The van der Waals surface area contributed by atoms with Gasteiger partial charge in [-0.05, 0) is 23.8 Å². The average Bonchev–Trinajstić information content (AvgIpc) is 3.21. The highest BCUT2D eigenvalue weighted by molar-refractivity contribution is 7.90. The number of carboxylic acids is 1. The average molecular weight is 402 g/mol. The number of para-hydroxylation sites is 1. The molecule has 0 aliphatic heterocycles. The lowest BCUT2D eigenvalue weighted by molar-refractivity contribution is 0.0692. The van der Waals surface area contributed by atoms with Crippen molar-refractivity contribution in [3.05, 3.63) is 66.1 Å². The topological polar surface area (TPSA) is 103 Å². The largest absolute Gasteiger partial charge is 0.495 e.